The van der Waals surface area contributed by atoms with Crippen molar-refractivity contribution in [1.29, 1.82) is 0 Å². The summed E-state index contributed by atoms with van der Waals surface area (Å²) in [5.41, 5.74) is -1.27. The van der Waals surface area contributed by atoms with Crippen molar-refractivity contribution in [2.24, 2.45) is 0 Å². The number of hydrogen-bond acceptors (Lipinski definition) is 5. The number of benzene rings is 2. The lowest BCUT2D eigenvalue weighted by Crippen LogP contribution is -2.45. The molecule has 2 aromatic rings. The van der Waals surface area contributed by atoms with Crippen LogP contribution in [0.5, 0.6) is 0 Å². The van der Waals surface area contributed by atoms with Gasteiger partial charge in [-0.2, -0.15) is 13.2 Å². The molecule has 1 aliphatic carbocycles. The number of amides is 2. The van der Waals surface area contributed by atoms with Gasteiger partial charge in [-0.05, 0) is 75.3 Å². The van der Waals surface area contributed by atoms with Gasteiger partial charge in [-0.15, -0.1) is 0 Å². The summed E-state index contributed by atoms with van der Waals surface area (Å²) in [7, 11) is 0. The maximum absolute atomic E-state index is 12.9. The molecule has 1 saturated carbocycles. The second-order valence-electron chi connectivity index (χ2n) is 11.2. The van der Waals surface area contributed by atoms with Crippen molar-refractivity contribution in [3.05, 3.63) is 70.8 Å². The molecule has 10 heteroatoms. The Morgan fingerprint density at radius 2 is 1.69 bits per heavy atom. The van der Waals surface area contributed by atoms with E-state index in [9.17, 15) is 33.0 Å². The molecule has 0 radical (unpaired) electrons. The first-order valence-electron chi connectivity index (χ1n) is 13.3. The van der Waals surface area contributed by atoms with Gasteiger partial charge in [0.1, 0.15) is 0 Å². The van der Waals surface area contributed by atoms with Crippen LogP contribution in [-0.4, -0.2) is 58.6 Å². The molecule has 4 N–H and O–H groups in total. The molecule has 1 heterocycles. The molecular formula is C29H36F3N3O4. The average molecular weight is 548 g/mol. The van der Waals surface area contributed by atoms with Crippen molar-refractivity contribution >= 4 is 11.8 Å². The minimum absolute atomic E-state index is 0.0850. The van der Waals surface area contributed by atoms with E-state index >= 15 is 0 Å². The smallest absolute Gasteiger partial charge is 0.386 e. The third-order valence-corrected chi connectivity index (χ3v) is 7.87. The molecule has 4 rings (SSSR count). The monoisotopic (exact) mass is 547 g/mol. The number of nitrogens with one attached hydrogen (secondary N) is 2. The molecule has 2 fully saturated rings. The van der Waals surface area contributed by atoms with E-state index in [1.807, 2.05) is 24.3 Å². The topological polar surface area (TPSA) is 102 Å². The van der Waals surface area contributed by atoms with Crippen molar-refractivity contribution < 1.29 is 33.0 Å². The summed E-state index contributed by atoms with van der Waals surface area (Å²) in [6.07, 6.45) is -0.924. The third kappa shape index (κ3) is 7.17. The van der Waals surface area contributed by atoms with Crippen molar-refractivity contribution in [3.8, 4) is 0 Å². The first kappa shape index (κ1) is 29.0. The zero-order chi connectivity index (χ0) is 28.4. The second kappa shape index (κ2) is 11.3. The highest BCUT2D eigenvalue weighted by molar-refractivity contribution is 5.96. The lowest BCUT2D eigenvalue weighted by Gasteiger charge is -2.40. The summed E-state index contributed by atoms with van der Waals surface area (Å²) >= 11 is 0. The Morgan fingerprint density at radius 1 is 1.03 bits per heavy atom. The molecular weight excluding hydrogens is 511 g/mol. The molecule has 0 bridgehead atoms. The van der Waals surface area contributed by atoms with Crippen LogP contribution in [0.2, 0.25) is 0 Å². The summed E-state index contributed by atoms with van der Waals surface area (Å²) < 4.78 is 38.7. The first-order chi connectivity index (χ1) is 18.2. The normalized spacial score (nSPS) is 24.4. The summed E-state index contributed by atoms with van der Waals surface area (Å²) in [6.45, 7) is 4.60. The number of likely N-dealkylation sites (tertiary alicyclic amines) is 1. The van der Waals surface area contributed by atoms with Gasteiger partial charge in [0, 0.05) is 30.7 Å². The molecule has 2 aliphatic rings. The largest absolute Gasteiger partial charge is 0.416 e. The van der Waals surface area contributed by atoms with Crippen molar-refractivity contribution in [3.63, 3.8) is 0 Å². The van der Waals surface area contributed by atoms with Crippen LogP contribution in [0.25, 0.3) is 0 Å². The predicted octanol–water partition coefficient (Wildman–Crippen LogP) is 3.68. The number of carbonyl (C=O) groups excluding carboxylic acids is 2. The fourth-order valence-corrected chi connectivity index (χ4v) is 5.54. The van der Waals surface area contributed by atoms with Gasteiger partial charge in [-0.25, -0.2) is 0 Å². The van der Waals surface area contributed by atoms with Crippen LogP contribution in [0, 0.1) is 0 Å². The van der Waals surface area contributed by atoms with Gasteiger partial charge in [-0.3, -0.25) is 14.5 Å². The van der Waals surface area contributed by atoms with Gasteiger partial charge in [0.05, 0.1) is 23.3 Å². The number of halogens is 3. The highest BCUT2D eigenvalue weighted by Gasteiger charge is 2.39. The van der Waals surface area contributed by atoms with Gasteiger partial charge < -0.3 is 20.8 Å². The summed E-state index contributed by atoms with van der Waals surface area (Å²) in [5.74, 6) is -1.14. The minimum Gasteiger partial charge on any atom is -0.386 e. The fourth-order valence-electron chi connectivity index (χ4n) is 5.54. The van der Waals surface area contributed by atoms with Gasteiger partial charge in [-0.1, -0.05) is 30.3 Å². The molecule has 7 nitrogen and oxygen atoms in total. The quantitative estimate of drug-likeness (QED) is 0.424. The Labute approximate surface area is 226 Å². The standard InChI is InChI=1S/C29H36F3N3O4/c1-27(2,38)20-6-8-21(9-7-20)28(39)13-10-24(11-14-28)35-15-12-23(18-35)34-25(36)17-33-26(37)19-4-3-5-22(16-19)29(30,31)32/h3-9,16,23-24,38-39H,10-15,17-18H2,1-2H3,(H,33,37)(H,34,36)/t23-,24?,28?/m1/s1. The second-order valence-corrected chi connectivity index (χ2v) is 11.2. The number of hydrogen-bond donors (Lipinski definition) is 4. The van der Waals surface area contributed by atoms with E-state index in [-0.39, 0.29) is 18.2 Å². The van der Waals surface area contributed by atoms with Gasteiger partial charge >= 0.3 is 6.18 Å². The maximum atomic E-state index is 12.9. The van der Waals surface area contributed by atoms with E-state index in [4.69, 9.17) is 0 Å². The molecule has 1 saturated heterocycles. The lowest BCUT2D eigenvalue weighted by atomic mass is 9.77. The lowest BCUT2D eigenvalue weighted by molar-refractivity contribution is -0.137. The Bertz CT molecular complexity index is 1170. The van der Waals surface area contributed by atoms with E-state index in [1.165, 1.54) is 6.07 Å². The van der Waals surface area contributed by atoms with Gasteiger partial charge in [0.25, 0.3) is 5.91 Å². The number of alkyl halides is 3. The molecule has 0 unspecified atom stereocenters. The third-order valence-electron chi connectivity index (χ3n) is 7.87. The molecule has 1 aliphatic heterocycles. The Balaban J connectivity index is 1.22. The summed E-state index contributed by atoms with van der Waals surface area (Å²) in [6, 6.07) is 11.8. The van der Waals surface area contributed by atoms with Crippen molar-refractivity contribution in [2.75, 3.05) is 19.6 Å². The highest BCUT2D eigenvalue weighted by Crippen LogP contribution is 2.40. The van der Waals surface area contributed by atoms with Crippen molar-refractivity contribution in [1.82, 2.24) is 15.5 Å². The zero-order valence-electron chi connectivity index (χ0n) is 22.2. The SMILES string of the molecule is CC(C)(O)c1ccc(C2(O)CCC(N3CC[C@@H](NC(=O)CNC(=O)c4cccc(C(F)(F)F)c4)C3)CC2)cc1. The van der Waals surface area contributed by atoms with Crippen LogP contribution in [0.4, 0.5) is 13.2 Å². The summed E-state index contributed by atoms with van der Waals surface area (Å²) in [5, 5.41) is 26.7. The summed E-state index contributed by atoms with van der Waals surface area (Å²) in [4.78, 5) is 27.0. The van der Waals surface area contributed by atoms with E-state index in [0.717, 1.165) is 55.1 Å². The average Bonchev–Trinajstić information content (AvgIpc) is 3.35. The van der Waals surface area contributed by atoms with Crippen LogP contribution in [0.1, 0.15) is 73.0 Å². The Morgan fingerprint density at radius 3 is 2.31 bits per heavy atom. The Hall–Kier alpha value is -2.95. The van der Waals surface area contributed by atoms with Crippen LogP contribution in [0.15, 0.2) is 48.5 Å². The van der Waals surface area contributed by atoms with E-state index in [1.54, 1.807) is 13.8 Å². The number of rotatable bonds is 7. The number of aliphatic hydroxyl groups is 2. The van der Waals surface area contributed by atoms with E-state index in [0.29, 0.717) is 25.4 Å². The van der Waals surface area contributed by atoms with Crippen LogP contribution in [-0.2, 0) is 22.2 Å². The molecule has 212 valence electrons. The minimum atomic E-state index is -4.55. The molecule has 2 aromatic carbocycles. The number of nitrogens with zero attached hydrogens (tertiary/aromatic N) is 1. The first-order valence-corrected chi connectivity index (χ1v) is 13.3. The molecule has 0 spiro atoms. The highest BCUT2D eigenvalue weighted by atomic mass is 19.4. The Kier molecular flexibility index (Phi) is 8.39. The molecule has 2 amide bonds. The predicted molar refractivity (Wildman–Crippen MR) is 140 cm³/mol. The number of carbonyl (C=O) groups is 2. The van der Waals surface area contributed by atoms with E-state index in [2.05, 4.69) is 15.5 Å². The molecule has 1 atom stereocenters. The van der Waals surface area contributed by atoms with Gasteiger partial charge in [0.2, 0.25) is 5.91 Å². The van der Waals surface area contributed by atoms with Crippen LogP contribution in [0.3, 0.4) is 0 Å². The molecule has 0 aromatic heterocycles. The fraction of sp³-hybridized carbons (Fsp3) is 0.517. The van der Waals surface area contributed by atoms with Crippen molar-refractivity contribution in [2.45, 2.75) is 75.4 Å². The van der Waals surface area contributed by atoms with Crippen LogP contribution >= 0.6 is 0 Å². The van der Waals surface area contributed by atoms with Crippen LogP contribution < -0.4 is 10.6 Å². The van der Waals surface area contributed by atoms with Gasteiger partial charge in [0.15, 0.2) is 0 Å². The molecule has 39 heavy (non-hydrogen) atoms. The maximum Gasteiger partial charge on any atom is 0.416 e. The van der Waals surface area contributed by atoms with E-state index < -0.39 is 34.8 Å². The zero-order valence-corrected chi connectivity index (χ0v) is 22.2.